The number of sulfonamides is 1. The summed E-state index contributed by atoms with van der Waals surface area (Å²) in [5.74, 6) is 5.25. The van der Waals surface area contributed by atoms with Gasteiger partial charge in [0, 0.05) is 11.4 Å². The molecule has 2 aromatic carbocycles. The van der Waals surface area contributed by atoms with Crippen molar-refractivity contribution in [1.29, 1.82) is 0 Å². The van der Waals surface area contributed by atoms with Gasteiger partial charge in [-0.2, -0.15) is 0 Å². The summed E-state index contributed by atoms with van der Waals surface area (Å²) in [6.45, 7) is 3.92. The average molecular weight is 291 g/mol. The van der Waals surface area contributed by atoms with Crippen molar-refractivity contribution in [1.82, 2.24) is 0 Å². The van der Waals surface area contributed by atoms with Crippen LogP contribution in [0.1, 0.15) is 11.1 Å². The SMILES string of the molecule is Cc1ccc(NS(=O)(=O)c2ccc(NN)cc2)cc1C. The van der Waals surface area contributed by atoms with E-state index in [9.17, 15) is 8.42 Å². The van der Waals surface area contributed by atoms with Crippen LogP contribution in [0.15, 0.2) is 47.4 Å². The second-order valence-corrected chi connectivity index (χ2v) is 6.26. The first kappa shape index (κ1) is 14.4. The quantitative estimate of drug-likeness (QED) is 0.596. The van der Waals surface area contributed by atoms with E-state index in [-0.39, 0.29) is 4.90 Å². The highest BCUT2D eigenvalue weighted by atomic mass is 32.2. The molecule has 0 unspecified atom stereocenters. The van der Waals surface area contributed by atoms with Crippen molar-refractivity contribution in [3.63, 3.8) is 0 Å². The summed E-state index contributed by atoms with van der Waals surface area (Å²) in [5.41, 5.74) is 5.80. The number of hydrazine groups is 1. The Morgan fingerprint density at radius 3 is 2.05 bits per heavy atom. The lowest BCUT2D eigenvalue weighted by Gasteiger charge is -2.10. The van der Waals surface area contributed by atoms with E-state index in [1.165, 1.54) is 12.1 Å². The monoisotopic (exact) mass is 291 g/mol. The smallest absolute Gasteiger partial charge is 0.261 e. The lowest BCUT2D eigenvalue weighted by Crippen LogP contribution is -2.13. The molecule has 0 aliphatic carbocycles. The average Bonchev–Trinajstić information content (AvgIpc) is 2.43. The predicted octanol–water partition coefficient (Wildman–Crippen LogP) is 2.39. The Bertz CT molecular complexity index is 710. The van der Waals surface area contributed by atoms with Gasteiger partial charge in [0.25, 0.3) is 10.0 Å². The molecule has 0 radical (unpaired) electrons. The number of nitrogens with two attached hydrogens (primary N) is 1. The predicted molar refractivity (Wildman–Crippen MR) is 81.0 cm³/mol. The van der Waals surface area contributed by atoms with Crippen molar-refractivity contribution < 1.29 is 8.42 Å². The molecule has 4 N–H and O–H groups in total. The minimum Gasteiger partial charge on any atom is -0.324 e. The highest BCUT2D eigenvalue weighted by Crippen LogP contribution is 2.20. The van der Waals surface area contributed by atoms with Crippen molar-refractivity contribution in [2.75, 3.05) is 10.1 Å². The molecule has 0 fully saturated rings. The second kappa shape index (κ2) is 5.52. The first-order valence-corrected chi connectivity index (χ1v) is 7.57. The molecule has 6 heteroatoms. The molecule has 0 saturated heterocycles. The Hall–Kier alpha value is -2.05. The van der Waals surface area contributed by atoms with Crippen molar-refractivity contribution in [3.8, 4) is 0 Å². The molecule has 0 heterocycles. The Morgan fingerprint density at radius 1 is 0.900 bits per heavy atom. The fourth-order valence-corrected chi connectivity index (χ4v) is 2.80. The van der Waals surface area contributed by atoms with E-state index in [0.717, 1.165) is 11.1 Å². The minimum atomic E-state index is -3.59. The molecule has 106 valence electrons. The van der Waals surface area contributed by atoms with E-state index < -0.39 is 10.0 Å². The molecule has 0 aliphatic rings. The summed E-state index contributed by atoms with van der Waals surface area (Å²) >= 11 is 0. The second-order valence-electron chi connectivity index (χ2n) is 4.57. The van der Waals surface area contributed by atoms with Crippen LogP contribution in [0.4, 0.5) is 11.4 Å². The van der Waals surface area contributed by atoms with Gasteiger partial charge in [0.2, 0.25) is 0 Å². The molecule has 20 heavy (non-hydrogen) atoms. The highest BCUT2D eigenvalue weighted by Gasteiger charge is 2.14. The lowest BCUT2D eigenvalue weighted by molar-refractivity contribution is 0.601. The highest BCUT2D eigenvalue weighted by molar-refractivity contribution is 7.92. The van der Waals surface area contributed by atoms with Gasteiger partial charge >= 0.3 is 0 Å². The number of nitrogen functional groups attached to an aromatic ring is 1. The van der Waals surface area contributed by atoms with Gasteiger partial charge in [0.1, 0.15) is 0 Å². The van der Waals surface area contributed by atoms with Gasteiger partial charge in [-0.15, -0.1) is 0 Å². The van der Waals surface area contributed by atoms with Crippen molar-refractivity contribution in [2.24, 2.45) is 5.84 Å². The Labute approximate surface area is 118 Å². The fourth-order valence-electron chi connectivity index (χ4n) is 1.75. The molecule has 0 atom stereocenters. The summed E-state index contributed by atoms with van der Waals surface area (Å²) in [4.78, 5) is 0.190. The molecule has 5 nitrogen and oxygen atoms in total. The maximum Gasteiger partial charge on any atom is 0.261 e. The topological polar surface area (TPSA) is 84.2 Å². The van der Waals surface area contributed by atoms with Crippen LogP contribution in [0.3, 0.4) is 0 Å². The number of hydrogen-bond donors (Lipinski definition) is 3. The summed E-state index contributed by atoms with van der Waals surface area (Å²) in [5, 5.41) is 0. The molecule has 0 amide bonds. The number of nitrogens with one attached hydrogen (secondary N) is 2. The number of aryl methyl sites for hydroxylation is 2. The Kier molecular flexibility index (Phi) is 3.96. The molecule has 2 rings (SSSR count). The van der Waals surface area contributed by atoms with Crippen LogP contribution in [0.2, 0.25) is 0 Å². The molecule has 0 aliphatic heterocycles. The van der Waals surface area contributed by atoms with Crippen LogP contribution in [0, 0.1) is 13.8 Å². The minimum absolute atomic E-state index is 0.190. The van der Waals surface area contributed by atoms with Crippen molar-refractivity contribution in [3.05, 3.63) is 53.6 Å². The summed E-state index contributed by atoms with van der Waals surface area (Å²) in [7, 11) is -3.59. The summed E-state index contributed by atoms with van der Waals surface area (Å²) in [6, 6.07) is 11.6. The van der Waals surface area contributed by atoms with E-state index in [2.05, 4.69) is 10.1 Å². The fraction of sp³-hybridized carbons (Fsp3) is 0.143. The van der Waals surface area contributed by atoms with Gasteiger partial charge in [-0.1, -0.05) is 6.07 Å². The zero-order chi connectivity index (χ0) is 14.8. The first-order valence-electron chi connectivity index (χ1n) is 6.09. The summed E-state index contributed by atoms with van der Waals surface area (Å²) < 4.78 is 27.0. The molecule has 0 aromatic heterocycles. The Balaban J connectivity index is 2.27. The third kappa shape index (κ3) is 3.09. The first-order chi connectivity index (χ1) is 9.42. The van der Waals surface area contributed by atoms with Gasteiger partial charge in [0.15, 0.2) is 0 Å². The maximum absolute atomic E-state index is 12.2. The van der Waals surface area contributed by atoms with Crippen LogP contribution in [0.25, 0.3) is 0 Å². The molecule has 0 saturated carbocycles. The normalized spacial score (nSPS) is 11.2. The Morgan fingerprint density at radius 2 is 1.50 bits per heavy atom. The van der Waals surface area contributed by atoms with Crippen LogP contribution >= 0.6 is 0 Å². The third-order valence-corrected chi connectivity index (χ3v) is 4.49. The van der Waals surface area contributed by atoms with E-state index >= 15 is 0 Å². The van der Waals surface area contributed by atoms with E-state index in [1.807, 2.05) is 26.0 Å². The van der Waals surface area contributed by atoms with Gasteiger partial charge in [-0.05, 0) is 61.4 Å². The van der Waals surface area contributed by atoms with E-state index in [1.54, 1.807) is 18.2 Å². The van der Waals surface area contributed by atoms with Crippen molar-refractivity contribution >= 4 is 21.4 Å². The van der Waals surface area contributed by atoms with E-state index in [4.69, 9.17) is 5.84 Å². The van der Waals surface area contributed by atoms with Crippen molar-refractivity contribution in [2.45, 2.75) is 18.7 Å². The number of anilines is 2. The molecule has 0 spiro atoms. The van der Waals surface area contributed by atoms with Crippen LogP contribution in [0.5, 0.6) is 0 Å². The number of benzene rings is 2. The summed E-state index contributed by atoms with van der Waals surface area (Å²) in [6.07, 6.45) is 0. The van der Waals surface area contributed by atoms with E-state index in [0.29, 0.717) is 11.4 Å². The standard InChI is InChI=1S/C14H17N3O2S/c1-10-3-4-13(9-11(10)2)17-20(18,19)14-7-5-12(16-15)6-8-14/h3-9,16-17H,15H2,1-2H3. The zero-order valence-electron chi connectivity index (χ0n) is 11.3. The van der Waals surface area contributed by atoms with Crippen LogP contribution in [-0.4, -0.2) is 8.42 Å². The van der Waals surface area contributed by atoms with Crippen LogP contribution < -0.4 is 16.0 Å². The van der Waals surface area contributed by atoms with Gasteiger partial charge in [-0.3, -0.25) is 10.6 Å². The largest absolute Gasteiger partial charge is 0.324 e. The van der Waals surface area contributed by atoms with Gasteiger partial charge in [-0.25, -0.2) is 8.42 Å². The molecule has 0 bridgehead atoms. The zero-order valence-corrected chi connectivity index (χ0v) is 12.2. The van der Waals surface area contributed by atoms with Gasteiger partial charge < -0.3 is 5.43 Å². The van der Waals surface area contributed by atoms with Crippen LogP contribution in [-0.2, 0) is 10.0 Å². The number of rotatable bonds is 4. The third-order valence-electron chi connectivity index (χ3n) is 3.09. The molecular weight excluding hydrogens is 274 g/mol. The van der Waals surface area contributed by atoms with Gasteiger partial charge in [0.05, 0.1) is 4.90 Å². The number of hydrogen-bond acceptors (Lipinski definition) is 4. The maximum atomic E-state index is 12.2. The lowest BCUT2D eigenvalue weighted by atomic mass is 10.1. The molecule has 2 aromatic rings. The molecular formula is C14H17N3O2S.